The highest BCUT2D eigenvalue weighted by atomic mass is 16.6. The third-order valence-corrected chi connectivity index (χ3v) is 5.34. The van der Waals surface area contributed by atoms with Gasteiger partial charge in [-0.15, -0.1) is 6.42 Å². The molecule has 108 valence electrons. The summed E-state index contributed by atoms with van der Waals surface area (Å²) < 4.78 is 5.20. The number of hydrogen-bond acceptors (Lipinski definition) is 3. The van der Waals surface area contributed by atoms with Gasteiger partial charge in [0.1, 0.15) is 0 Å². The molecule has 2 aliphatic carbocycles. The van der Waals surface area contributed by atoms with Crippen LogP contribution in [0.3, 0.4) is 0 Å². The zero-order valence-electron chi connectivity index (χ0n) is 12.9. The molecule has 0 unspecified atom stereocenters. The van der Waals surface area contributed by atoms with Crippen LogP contribution < -0.4 is 0 Å². The number of terminal acetylenes is 1. The van der Waals surface area contributed by atoms with Gasteiger partial charge >= 0.3 is 5.97 Å². The summed E-state index contributed by atoms with van der Waals surface area (Å²) in [5, 5.41) is 0. The molecule has 2 saturated carbocycles. The molecule has 3 nitrogen and oxygen atoms in total. The molecule has 0 N–H and O–H groups in total. The average Bonchev–Trinajstić information content (AvgIpc) is 2.63. The van der Waals surface area contributed by atoms with E-state index in [4.69, 9.17) is 11.2 Å². The molecule has 0 radical (unpaired) electrons. The highest BCUT2D eigenvalue weighted by Crippen LogP contribution is 2.65. The van der Waals surface area contributed by atoms with Crippen molar-refractivity contribution in [3.05, 3.63) is 11.6 Å². The zero-order chi connectivity index (χ0) is 15.3. The van der Waals surface area contributed by atoms with E-state index in [9.17, 15) is 9.59 Å². The van der Waals surface area contributed by atoms with E-state index in [2.05, 4.69) is 19.8 Å². The molecule has 2 rings (SSSR count). The molecule has 0 aliphatic heterocycles. The van der Waals surface area contributed by atoms with E-state index in [0.717, 1.165) is 12.8 Å². The Hall–Kier alpha value is -1.56. The molecule has 20 heavy (non-hydrogen) atoms. The Labute approximate surface area is 120 Å². The van der Waals surface area contributed by atoms with Crippen LogP contribution in [0.25, 0.3) is 0 Å². The van der Waals surface area contributed by atoms with Crippen molar-refractivity contribution in [1.82, 2.24) is 0 Å². The Morgan fingerprint density at radius 2 is 2.05 bits per heavy atom. The van der Waals surface area contributed by atoms with Crippen molar-refractivity contribution in [2.75, 3.05) is 0 Å². The van der Waals surface area contributed by atoms with Gasteiger partial charge in [-0.2, -0.15) is 0 Å². The molecule has 2 bridgehead atoms. The van der Waals surface area contributed by atoms with Gasteiger partial charge in [0.2, 0.25) is 0 Å². The first-order valence-corrected chi connectivity index (χ1v) is 7.02. The minimum Gasteiger partial charge on any atom is -0.443 e. The predicted octanol–water partition coefficient (Wildman–Crippen LogP) is 2.89. The third kappa shape index (κ3) is 1.90. The van der Waals surface area contributed by atoms with Crippen molar-refractivity contribution in [3.8, 4) is 12.3 Å². The van der Waals surface area contributed by atoms with Crippen molar-refractivity contribution >= 4 is 11.8 Å². The van der Waals surface area contributed by atoms with Crippen molar-refractivity contribution < 1.29 is 14.3 Å². The Balaban J connectivity index is 2.28. The minimum absolute atomic E-state index is 0.0919. The van der Waals surface area contributed by atoms with E-state index in [0.29, 0.717) is 5.57 Å². The first kappa shape index (κ1) is 14.8. The SMILES string of the molecule is C#CC(C)(C)OC(=O)C=C1C(=O)[C@]2(C)CC[C@H]1C2(C)C. The lowest BCUT2D eigenvalue weighted by atomic mass is 9.70. The van der Waals surface area contributed by atoms with Gasteiger partial charge in [0.25, 0.3) is 0 Å². The van der Waals surface area contributed by atoms with Gasteiger partial charge in [-0.25, -0.2) is 4.79 Å². The monoisotopic (exact) mass is 274 g/mol. The lowest BCUT2D eigenvalue weighted by Crippen LogP contribution is -2.32. The molecule has 2 aliphatic rings. The summed E-state index contributed by atoms with van der Waals surface area (Å²) in [6.07, 6.45) is 8.51. The number of esters is 1. The Bertz CT molecular complexity index is 545. The van der Waals surface area contributed by atoms with Gasteiger partial charge in [-0.1, -0.05) is 26.7 Å². The van der Waals surface area contributed by atoms with Crippen molar-refractivity contribution in [2.24, 2.45) is 16.7 Å². The summed E-state index contributed by atoms with van der Waals surface area (Å²) in [6.45, 7) is 9.53. The van der Waals surface area contributed by atoms with Crippen LogP contribution in [0.1, 0.15) is 47.5 Å². The van der Waals surface area contributed by atoms with Crippen LogP contribution in [0.15, 0.2) is 11.6 Å². The van der Waals surface area contributed by atoms with Crippen LogP contribution in [0, 0.1) is 29.1 Å². The normalized spacial score (nSPS) is 33.3. The number of carbonyl (C=O) groups is 2. The fourth-order valence-corrected chi connectivity index (χ4v) is 3.53. The standard InChI is InChI=1S/C17H22O3/c1-7-15(2,3)20-13(18)10-11-12-8-9-17(6,14(11)19)16(12,4)5/h1,10,12H,8-9H2,2-6H3/t12-,17+/m1/s1. The van der Waals surface area contributed by atoms with Crippen molar-refractivity contribution in [2.45, 2.75) is 53.1 Å². The molecule has 2 fully saturated rings. The van der Waals surface area contributed by atoms with Gasteiger partial charge < -0.3 is 4.74 Å². The van der Waals surface area contributed by atoms with Crippen LogP contribution >= 0.6 is 0 Å². The zero-order valence-corrected chi connectivity index (χ0v) is 12.9. The maximum absolute atomic E-state index is 12.6. The summed E-state index contributed by atoms with van der Waals surface area (Å²) in [4.78, 5) is 24.5. The highest BCUT2D eigenvalue weighted by Gasteiger charge is 2.64. The van der Waals surface area contributed by atoms with Crippen LogP contribution in [0.2, 0.25) is 0 Å². The lowest BCUT2D eigenvalue weighted by Gasteiger charge is -2.31. The highest BCUT2D eigenvalue weighted by molar-refractivity contribution is 6.08. The number of Topliss-reactive ketones (excluding diaryl/α,β-unsaturated/α-hetero) is 1. The first-order valence-electron chi connectivity index (χ1n) is 7.02. The third-order valence-electron chi connectivity index (χ3n) is 5.34. The molecule has 0 saturated heterocycles. The van der Waals surface area contributed by atoms with E-state index < -0.39 is 11.6 Å². The number of hydrogen-bond donors (Lipinski definition) is 0. The van der Waals surface area contributed by atoms with Gasteiger partial charge in [0.05, 0.1) is 0 Å². The Kier molecular flexibility index (Phi) is 3.13. The van der Waals surface area contributed by atoms with E-state index in [-0.39, 0.29) is 22.5 Å². The topological polar surface area (TPSA) is 43.4 Å². The summed E-state index contributed by atoms with van der Waals surface area (Å²) >= 11 is 0. The summed E-state index contributed by atoms with van der Waals surface area (Å²) in [5.41, 5.74) is -0.793. The number of ether oxygens (including phenoxy) is 1. The van der Waals surface area contributed by atoms with Crippen LogP contribution in [0.4, 0.5) is 0 Å². The Morgan fingerprint density at radius 1 is 1.45 bits per heavy atom. The van der Waals surface area contributed by atoms with E-state index in [1.165, 1.54) is 6.08 Å². The minimum atomic E-state index is -0.950. The van der Waals surface area contributed by atoms with Crippen LogP contribution in [-0.4, -0.2) is 17.4 Å². The molecule has 3 heteroatoms. The van der Waals surface area contributed by atoms with Crippen LogP contribution in [0.5, 0.6) is 0 Å². The van der Waals surface area contributed by atoms with Gasteiger partial charge in [-0.05, 0) is 38.0 Å². The molecule has 2 atom stereocenters. The Morgan fingerprint density at radius 3 is 2.50 bits per heavy atom. The summed E-state index contributed by atoms with van der Waals surface area (Å²) in [7, 11) is 0. The fourth-order valence-electron chi connectivity index (χ4n) is 3.53. The molecule has 0 spiro atoms. The molecule has 0 heterocycles. The number of rotatable bonds is 2. The van der Waals surface area contributed by atoms with E-state index >= 15 is 0 Å². The van der Waals surface area contributed by atoms with Gasteiger partial charge in [0.15, 0.2) is 11.4 Å². The van der Waals surface area contributed by atoms with Crippen molar-refractivity contribution in [3.63, 3.8) is 0 Å². The molecular formula is C17H22O3. The molecule has 0 aromatic rings. The fraction of sp³-hybridized carbons (Fsp3) is 0.647. The van der Waals surface area contributed by atoms with Gasteiger partial charge in [-0.3, -0.25) is 4.79 Å². The quantitative estimate of drug-likeness (QED) is 0.442. The molecular weight excluding hydrogens is 252 g/mol. The number of ketones is 1. The second kappa shape index (κ2) is 4.22. The van der Waals surface area contributed by atoms with Crippen LogP contribution in [-0.2, 0) is 14.3 Å². The molecule has 0 aromatic carbocycles. The summed E-state index contributed by atoms with van der Waals surface area (Å²) in [6, 6.07) is 0. The predicted molar refractivity (Wildman–Crippen MR) is 76.7 cm³/mol. The van der Waals surface area contributed by atoms with Crippen molar-refractivity contribution in [1.29, 1.82) is 0 Å². The second-order valence-corrected chi connectivity index (χ2v) is 7.15. The second-order valence-electron chi connectivity index (χ2n) is 7.15. The number of carbonyl (C=O) groups excluding carboxylic acids is 2. The smallest absolute Gasteiger partial charge is 0.332 e. The maximum atomic E-state index is 12.6. The number of allylic oxidation sites excluding steroid dienone is 1. The maximum Gasteiger partial charge on any atom is 0.332 e. The summed E-state index contributed by atoms with van der Waals surface area (Å²) in [5.74, 6) is 2.12. The van der Waals surface area contributed by atoms with E-state index in [1.54, 1.807) is 13.8 Å². The number of fused-ring (bicyclic) bond motifs is 2. The lowest BCUT2D eigenvalue weighted by molar-refractivity contribution is -0.145. The first-order chi connectivity index (χ1) is 9.05. The molecule has 0 aromatic heterocycles. The average molecular weight is 274 g/mol. The van der Waals surface area contributed by atoms with Gasteiger partial charge in [0, 0.05) is 17.1 Å². The van der Waals surface area contributed by atoms with E-state index in [1.807, 2.05) is 6.92 Å². The molecule has 0 amide bonds. The largest absolute Gasteiger partial charge is 0.443 e.